The van der Waals surface area contributed by atoms with Gasteiger partial charge in [0.05, 0.1) is 7.05 Å². The van der Waals surface area contributed by atoms with E-state index >= 15 is 0 Å². The van der Waals surface area contributed by atoms with Crippen LogP contribution in [0.5, 0.6) is 0 Å². The van der Waals surface area contributed by atoms with Crippen molar-refractivity contribution in [2.24, 2.45) is 7.05 Å². The maximum atomic E-state index is 5.79. The molecule has 0 aliphatic carbocycles. The predicted octanol–water partition coefficient (Wildman–Crippen LogP) is 0.817. The molecule has 0 radical (unpaired) electrons. The van der Waals surface area contributed by atoms with E-state index in [1.807, 2.05) is 39.8 Å². The van der Waals surface area contributed by atoms with Crippen LogP contribution in [0.15, 0.2) is 18.3 Å². The molecular weight excluding hydrogens is 269 g/mol. The first-order valence-electron chi connectivity index (χ1n) is 6.97. The van der Waals surface area contributed by atoms with Gasteiger partial charge in [0.25, 0.3) is 0 Å². The van der Waals surface area contributed by atoms with Crippen LogP contribution in [0, 0.1) is 0 Å². The lowest BCUT2D eigenvalue weighted by Crippen LogP contribution is -2.41. The lowest BCUT2D eigenvalue weighted by molar-refractivity contribution is 0.139. The highest BCUT2D eigenvalue weighted by atomic mass is 16.6. The van der Waals surface area contributed by atoms with Crippen molar-refractivity contribution >= 4 is 12.6 Å². The molecule has 2 heterocycles. The van der Waals surface area contributed by atoms with Gasteiger partial charge in [-0.2, -0.15) is 4.80 Å². The monoisotopic (exact) mass is 289 g/mol. The Balaban J connectivity index is 2.18. The van der Waals surface area contributed by atoms with E-state index in [2.05, 4.69) is 20.4 Å². The standard InChI is InChI=1S/C13H20BN5O2/c1-9(2)20-14(21-10(3)4)11-6-7-12(15-8-11)13-16-18-19(5)17-13/h6-10H,1-5H3. The quantitative estimate of drug-likeness (QED) is 0.733. The van der Waals surface area contributed by atoms with E-state index in [1.165, 1.54) is 4.80 Å². The fourth-order valence-electron chi connectivity index (χ4n) is 1.75. The maximum Gasteiger partial charge on any atom is 0.495 e. The Kier molecular flexibility index (Phi) is 5.03. The number of nitrogens with zero attached hydrogens (tertiary/aromatic N) is 5. The fourth-order valence-corrected chi connectivity index (χ4v) is 1.75. The van der Waals surface area contributed by atoms with Crippen molar-refractivity contribution in [2.45, 2.75) is 39.9 Å². The van der Waals surface area contributed by atoms with E-state index in [0.717, 1.165) is 5.46 Å². The second-order valence-electron chi connectivity index (χ2n) is 5.28. The van der Waals surface area contributed by atoms with Crippen LogP contribution >= 0.6 is 0 Å². The van der Waals surface area contributed by atoms with Gasteiger partial charge in [-0.15, -0.1) is 10.2 Å². The number of aryl methyl sites for hydroxylation is 1. The molecule has 0 fully saturated rings. The molecule has 2 aromatic rings. The van der Waals surface area contributed by atoms with Gasteiger partial charge in [0.1, 0.15) is 5.69 Å². The van der Waals surface area contributed by atoms with Crippen molar-refractivity contribution in [3.8, 4) is 11.5 Å². The summed E-state index contributed by atoms with van der Waals surface area (Å²) in [5.74, 6) is 0.496. The highest BCUT2D eigenvalue weighted by Gasteiger charge is 2.24. The van der Waals surface area contributed by atoms with Crippen LogP contribution in [0.4, 0.5) is 0 Å². The van der Waals surface area contributed by atoms with Crippen LogP contribution in [-0.2, 0) is 16.4 Å². The van der Waals surface area contributed by atoms with Crippen LogP contribution in [0.25, 0.3) is 11.5 Å². The van der Waals surface area contributed by atoms with Crippen molar-refractivity contribution < 1.29 is 9.31 Å². The van der Waals surface area contributed by atoms with E-state index in [-0.39, 0.29) is 12.2 Å². The Hall–Kier alpha value is -1.80. The normalized spacial score (nSPS) is 11.4. The minimum atomic E-state index is -0.429. The molecule has 0 atom stereocenters. The van der Waals surface area contributed by atoms with Crippen LogP contribution < -0.4 is 5.46 Å². The molecule has 2 rings (SSSR count). The van der Waals surface area contributed by atoms with E-state index in [4.69, 9.17) is 9.31 Å². The summed E-state index contributed by atoms with van der Waals surface area (Å²) in [7, 11) is 1.29. The van der Waals surface area contributed by atoms with Gasteiger partial charge in [-0.25, -0.2) is 0 Å². The van der Waals surface area contributed by atoms with Gasteiger partial charge in [0.15, 0.2) is 0 Å². The average molecular weight is 289 g/mol. The molecular formula is C13H20BN5O2. The van der Waals surface area contributed by atoms with Crippen LogP contribution in [0.1, 0.15) is 27.7 Å². The molecule has 0 bridgehead atoms. The highest BCUT2D eigenvalue weighted by molar-refractivity contribution is 6.61. The van der Waals surface area contributed by atoms with Crippen molar-refractivity contribution in [1.29, 1.82) is 0 Å². The van der Waals surface area contributed by atoms with E-state index in [9.17, 15) is 0 Å². The molecule has 8 heteroatoms. The Morgan fingerprint density at radius 2 is 1.76 bits per heavy atom. The molecule has 0 spiro atoms. The lowest BCUT2D eigenvalue weighted by Gasteiger charge is -2.19. The summed E-state index contributed by atoms with van der Waals surface area (Å²) in [5.41, 5.74) is 1.53. The minimum Gasteiger partial charge on any atom is -0.405 e. The summed E-state index contributed by atoms with van der Waals surface area (Å²) in [6, 6.07) is 3.75. The molecule has 2 aromatic heterocycles. The molecule has 21 heavy (non-hydrogen) atoms. The Bertz CT molecular complexity index is 560. The summed E-state index contributed by atoms with van der Waals surface area (Å²) in [4.78, 5) is 5.76. The van der Waals surface area contributed by atoms with Crippen molar-refractivity contribution in [2.75, 3.05) is 0 Å². The zero-order valence-electron chi connectivity index (χ0n) is 13.0. The van der Waals surface area contributed by atoms with E-state index in [1.54, 1.807) is 13.2 Å². The fraction of sp³-hybridized carbons (Fsp3) is 0.538. The van der Waals surface area contributed by atoms with Gasteiger partial charge in [-0.1, -0.05) is 6.07 Å². The molecule has 0 aliphatic rings. The molecule has 0 saturated heterocycles. The first kappa shape index (κ1) is 15.6. The van der Waals surface area contributed by atoms with Crippen molar-refractivity contribution in [3.05, 3.63) is 18.3 Å². The summed E-state index contributed by atoms with van der Waals surface area (Å²) in [6.45, 7) is 7.90. The number of rotatable bonds is 6. The van der Waals surface area contributed by atoms with Gasteiger partial charge in [-0.05, 0) is 39.0 Å². The number of hydrogen-bond acceptors (Lipinski definition) is 6. The van der Waals surface area contributed by atoms with Crippen molar-refractivity contribution in [3.63, 3.8) is 0 Å². The molecule has 7 nitrogen and oxygen atoms in total. The Labute approximate surface area is 124 Å². The zero-order chi connectivity index (χ0) is 15.4. The van der Waals surface area contributed by atoms with Gasteiger partial charge < -0.3 is 9.31 Å². The SMILES string of the molecule is CC(C)OB(OC(C)C)c1ccc(-c2nnn(C)n2)nc1. The smallest absolute Gasteiger partial charge is 0.405 e. The summed E-state index contributed by atoms with van der Waals surface area (Å²) in [5, 5.41) is 11.9. The molecule has 0 amide bonds. The third-order valence-corrected chi connectivity index (χ3v) is 2.59. The minimum absolute atomic E-state index is 0.0649. The Morgan fingerprint density at radius 1 is 1.10 bits per heavy atom. The summed E-state index contributed by atoms with van der Waals surface area (Å²) >= 11 is 0. The van der Waals surface area contributed by atoms with Crippen LogP contribution in [0.3, 0.4) is 0 Å². The average Bonchev–Trinajstić information content (AvgIpc) is 2.84. The van der Waals surface area contributed by atoms with Gasteiger partial charge in [-0.3, -0.25) is 4.98 Å². The zero-order valence-corrected chi connectivity index (χ0v) is 13.0. The van der Waals surface area contributed by atoms with Gasteiger partial charge >= 0.3 is 7.12 Å². The van der Waals surface area contributed by atoms with Gasteiger partial charge in [0.2, 0.25) is 5.82 Å². The lowest BCUT2D eigenvalue weighted by atomic mass is 9.79. The van der Waals surface area contributed by atoms with E-state index in [0.29, 0.717) is 11.5 Å². The summed E-state index contributed by atoms with van der Waals surface area (Å²) in [6.07, 6.45) is 1.85. The number of aromatic nitrogens is 5. The second kappa shape index (κ2) is 6.77. The van der Waals surface area contributed by atoms with Gasteiger partial charge in [0, 0.05) is 23.9 Å². The number of tetrazole rings is 1. The molecule has 112 valence electrons. The third kappa shape index (κ3) is 4.34. The molecule has 0 N–H and O–H groups in total. The number of hydrogen-bond donors (Lipinski definition) is 0. The van der Waals surface area contributed by atoms with E-state index < -0.39 is 7.12 Å². The second-order valence-corrected chi connectivity index (χ2v) is 5.28. The van der Waals surface area contributed by atoms with Crippen molar-refractivity contribution in [1.82, 2.24) is 25.2 Å². The number of pyridine rings is 1. The topological polar surface area (TPSA) is 75.0 Å². The highest BCUT2D eigenvalue weighted by Crippen LogP contribution is 2.08. The maximum absolute atomic E-state index is 5.79. The predicted molar refractivity (Wildman–Crippen MR) is 79.9 cm³/mol. The van der Waals surface area contributed by atoms with Crippen LogP contribution in [-0.4, -0.2) is 44.5 Å². The molecule has 0 saturated carbocycles. The first-order chi connectivity index (χ1) is 9.95. The summed E-state index contributed by atoms with van der Waals surface area (Å²) < 4.78 is 11.6. The molecule has 0 aliphatic heterocycles. The molecule has 0 aromatic carbocycles. The largest absolute Gasteiger partial charge is 0.495 e. The first-order valence-corrected chi connectivity index (χ1v) is 6.97. The molecule has 0 unspecified atom stereocenters. The Morgan fingerprint density at radius 3 is 2.19 bits per heavy atom. The van der Waals surface area contributed by atoms with Crippen LogP contribution in [0.2, 0.25) is 0 Å². The third-order valence-electron chi connectivity index (χ3n) is 2.59.